The molecule has 0 spiro atoms. The maximum Gasteiger partial charge on any atom is 0.287 e. The van der Waals surface area contributed by atoms with Gasteiger partial charge in [-0.1, -0.05) is 37.6 Å². The highest BCUT2D eigenvalue weighted by atomic mass is 35.5. The Kier molecular flexibility index (Phi) is 5.04. The van der Waals surface area contributed by atoms with E-state index >= 15 is 0 Å². The Morgan fingerprint density at radius 2 is 1.90 bits per heavy atom. The quantitative estimate of drug-likeness (QED) is 0.888. The fourth-order valence-corrected chi connectivity index (χ4v) is 2.25. The third-order valence-electron chi connectivity index (χ3n) is 3.27. The largest absolute Gasteiger partial charge is 0.455 e. The minimum absolute atomic E-state index is 0.110. The first-order chi connectivity index (χ1) is 10.0. The predicted octanol–water partition coefficient (Wildman–Crippen LogP) is 3.52. The number of halogens is 1. The molecule has 112 valence electrons. The van der Waals surface area contributed by atoms with Gasteiger partial charge >= 0.3 is 0 Å². The van der Waals surface area contributed by atoms with E-state index in [9.17, 15) is 4.79 Å². The zero-order valence-electron chi connectivity index (χ0n) is 12.1. The number of carbonyl (C=O) groups excluding carboxylic acids is 1. The average Bonchev–Trinajstić information content (AvgIpc) is 2.94. The number of hydrogen-bond acceptors (Lipinski definition) is 3. The van der Waals surface area contributed by atoms with Crippen LogP contribution in [0.1, 0.15) is 41.8 Å². The molecule has 0 fully saturated rings. The predicted molar refractivity (Wildman–Crippen MR) is 83.1 cm³/mol. The molecule has 1 atom stereocenters. The summed E-state index contributed by atoms with van der Waals surface area (Å²) in [5, 5.41) is 3.66. The van der Waals surface area contributed by atoms with E-state index in [1.807, 2.05) is 38.1 Å². The van der Waals surface area contributed by atoms with Gasteiger partial charge in [0.15, 0.2) is 5.76 Å². The lowest BCUT2D eigenvalue weighted by Gasteiger charge is -2.22. The van der Waals surface area contributed by atoms with E-state index < -0.39 is 0 Å². The summed E-state index contributed by atoms with van der Waals surface area (Å²) in [4.78, 5) is 12.3. The maximum atomic E-state index is 12.3. The van der Waals surface area contributed by atoms with Crippen LogP contribution >= 0.6 is 11.6 Å². The summed E-state index contributed by atoms with van der Waals surface area (Å²) in [6.45, 7) is 4.37. The van der Waals surface area contributed by atoms with Crippen LogP contribution in [0, 0.1) is 5.92 Å². The SMILES string of the molecule is CC(C)C(NC(=O)c1ccc(CN)o1)c1ccc(Cl)cc1. The summed E-state index contributed by atoms with van der Waals surface area (Å²) < 4.78 is 5.37. The van der Waals surface area contributed by atoms with Gasteiger partial charge in [0.2, 0.25) is 0 Å². The molecule has 4 nitrogen and oxygen atoms in total. The topological polar surface area (TPSA) is 68.3 Å². The van der Waals surface area contributed by atoms with E-state index in [1.54, 1.807) is 12.1 Å². The third-order valence-corrected chi connectivity index (χ3v) is 3.52. The Morgan fingerprint density at radius 1 is 1.24 bits per heavy atom. The minimum atomic E-state index is -0.247. The normalized spacial score (nSPS) is 12.4. The number of hydrogen-bond donors (Lipinski definition) is 2. The Morgan fingerprint density at radius 3 is 2.43 bits per heavy atom. The molecule has 0 bridgehead atoms. The number of benzene rings is 1. The first-order valence-electron chi connectivity index (χ1n) is 6.86. The molecule has 0 radical (unpaired) electrons. The summed E-state index contributed by atoms with van der Waals surface area (Å²) >= 11 is 5.90. The molecule has 3 N–H and O–H groups in total. The van der Waals surface area contributed by atoms with Gasteiger partial charge in [-0.05, 0) is 35.7 Å². The van der Waals surface area contributed by atoms with Crippen molar-refractivity contribution in [3.8, 4) is 0 Å². The van der Waals surface area contributed by atoms with Crippen LogP contribution in [0.15, 0.2) is 40.8 Å². The van der Waals surface area contributed by atoms with Crippen molar-refractivity contribution in [1.29, 1.82) is 0 Å². The highest BCUT2D eigenvalue weighted by Crippen LogP contribution is 2.24. The first kappa shape index (κ1) is 15.6. The molecule has 1 aromatic carbocycles. The van der Waals surface area contributed by atoms with Gasteiger partial charge in [0.25, 0.3) is 5.91 Å². The Balaban J connectivity index is 2.16. The molecule has 0 saturated heterocycles. The molecule has 21 heavy (non-hydrogen) atoms. The second-order valence-electron chi connectivity index (χ2n) is 5.22. The number of nitrogens with one attached hydrogen (secondary N) is 1. The smallest absolute Gasteiger partial charge is 0.287 e. The summed E-state index contributed by atoms with van der Waals surface area (Å²) in [7, 11) is 0. The second kappa shape index (κ2) is 6.78. The highest BCUT2D eigenvalue weighted by Gasteiger charge is 2.20. The number of rotatable bonds is 5. The van der Waals surface area contributed by atoms with Gasteiger partial charge in [0.1, 0.15) is 5.76 Å². The zero-order chi connectivity index (χ0) is 15.4. The molecule has 2 rings (SSSR count). The lowest BCUT2D eigenvalue weighted by atomic mass is 9.96. The van der Waals surface area contributed by atoms with Crippen LogP contribution in [0.4, 0.5) is 0 Å². The van der Waals surface area contributed by atoms with Gasteiger partial charge in [0.05, 0.1) is 12.6 Å². The van der Waals surface area contributed by atoms with E-state index in [2.05, 4.69) is 5.32 Å². The van der Waals surface area contributed by atoms with Crippen LogP contribution in [0.5, 0.6) is 0 Å². The van der Waals surface area contributed by atoms with Crippen LogP contribution in [-0.2, 0) is 6.54 Å². The van der Waals surface area contributed by atoms with Crippen molar-refractivity contribution < 1.29 is 9.21 Å². The molecule has 1 aromatic heterocycles. The Labute approximate surface area is 129 Å². The van der Waals surface area contributed by atoms with Crippen LogP contribution in [0.2, 0.25) is 5.02 Å². The summed E-state index contributed by atoms with van der Waals surface area (Å²) in [6, 6.07) is 10.7. The van der Waals surface area contributed by atoms with Gasteiger partial charge in [-0.3, -0.25) is 4.79 Å². The van der Waals surface area contributed by atoms with Crippen molar-refractivity contribution in [2.24, 2.45) is 11.7 Å². The lowest BCUT2D eigenvalue weighted by molar-refractivity contribution is 0.0895. The summed E-state index contributed by atoms with van der Waals surface area (Å²) in [6.07, 6.45) is 0. The van der Waals surface area contributed by atoms with Crippen LogP contribution < -0.4 is 11.1 Å². The molecular weight excluding hydrogens is 288 g/mol. The van der Waals surface area contributed by atoms with Gasteiger partial charge in [0, 0.05) is 5.02 Å². The van der Waals surface area contributed by atoms with Crippen LogP contribution in [-0.4, -0.2) is 5.91 Å². The van der Waals surface area contributed by atoms with Crippen molar-refractivity contribution in [1.82, 2.24) is 5.32 Å². The lowest BCUT2D eigenvalue weighted by Crippen LogP contribution is -2.31. The zero-order valence-corrected chi connectivity index (χ0v) is 12.9. The average molecular weight is 307 g/mol. The van der Waals surface area contributed by atoms with Gasteiger partial charge in [-0.25, -0.2) is 0 Å². The maximum absolute atomic E-state index is 12.3. The van der Waals surface area contributed by atoms with E-state index in [0.717, 1.165) is 5.56 Å². The molecule has 1 unspecified atom stereocenters. The molecular formula is C16H19ClN2O2. The molecule has 2 aromatic rings. The van der Waals surface area contributed by atoms with Gasteiger partial charge < -0.3 is 15.5 Å². The van der Waals surface area contributed by atoms with Crippen molar-refractivity contribution in [2.45, 2.75) is 26.4 Å². The molecule has 0 saturated carbocycles. The third kappa shape index (κ3) is 3.86. The minimum Gasteiger partial charge on any atom is -0.455 e. The first-order valence-corrected chi connectivity index (χ1v) is 7.24. The van der Waals surface area contributed by atoms with Crippen molar-refractivity contribution >= 4 is 17.5 Å². The van der Waals surface area contributed by atoms with Crippen molar-refractivity contribution in [2.75, 3.05) is 0 Å². The van der Waals surface area contributed by atoms with E-state index in [1.165, 1.54) is 0 Å². The Bertz CT molecular complexity index is 605. The molecule has 0 aliphatic rings. The molecule has 1 amide bonds. The van der Waals surface area contributed by atoms with E-state index in [-0.39, 0.29) is 30.2 Å². The summed E-state index contributed by atoms with van der Waals surface area (Å²) in [5.41, 5.74) is 6.49. The van der Waals surface area contributed by atoms with Gasteiger partial charge in [-0.2, -0.15) is 0 Å². The van der Waals surface area contributed by atoms with Crippen molar-refractivity contribution in [3.63, 3.8) is 0 Å². The number of nitrogens with two attached hydrogens (primary N) is 1. The Hall–Kier alpha value is -1.78. The second-order valence-corrected chi connectivity index (χ2v) is 5.65. The molecule has 0 aliphatic carbocycles. The molecule has 1 heterocycles. The number of furan rings is 1. The summed E-state index contributed by atoms with van der Waals surface area (Å²) in [5.74, 6) is 0.852. The van der Waals surface area contributed by atoms with Crippen LogP contribution in [0.25, 0.3) is 0 Å². The van der Waals surface area contributed by atoms with Gasteiger partial charge in [-0.15, -0.1) is 0 Å². The molecule has 0 aliphatic heterocycles. The van der Waals surface area contributed by atoms with E-state index in [4.69, 9.17) is 21.8 Å². The standard InChI is InChI=1S/C16H19ClN2O2/c1-10(2)15(11-3-5-12(17)6-4-11)19-16(20)14-8-7-13(9-18)21-14/h3-8,10,15H,9,18H2,1-2H3,(H,19,20). The fourth-order valence-electron chi connectivity index (χ4n) is 2.13. The van der Waals surface area contributed by atoms with E-state index in [0.29, 0.717) is 10.8 Å². The van der Waals surface area contributed by atoms with Crippen LogP contribution in [0.3, 0.4) is 0 Å². The highest BCUT2D eigenvalue weighted by molar-refractivity contribution is 6.30. The molecule has 5 heteroatoms. The van der Waals surface area contributed by atoms with Crippen molar-refractivity contribution in [3.05, 3.63) is 58.5 Å². The fraction of sp³-hybridized carbons (Fsp3) is 0.312. The number of amides is 1. The number of carbonyl (C=O) groups is 1. The monoisotopic (exact) mass is 306 g/mol.